The number of nitrogens with zero attached hydrogens (tertiary/aromatic N) is 2. The van der Waals surface area contributed by atoms with Crippen molar-refractivity contribution in [2.24, 2.45) is 7.05 Å². The number of nitrogens with one attached hydrogen (secondary N) is 1. The first kappa shape index (κ1) is 17.7. The molecule has 0 spiro atoms. The molecular formula is C17H20FN3O3. The third-order valence-corrected chi connectivity index (χ3v) is 3.94. The van der Waals surface area contributed by atoms with Gasteiger partial charge in [-0.3, -0.25) is 9.48 Å². The van der Waals surface area contributed by atoms with Crippen LogP contribution in [-0.2, 0) is 17.4 Å². The van der Waals surface area contributed by atoms with E-state index >= 15 is 0 Å². The van der Waals surface area contributed by atoms with E-state index in [1.165, 1.54) is 23.7 Å². The zero-order chi connectivity index (χ0) is 18.1. The second-order valence-electron chi connectivity index (χ2n) is 6.12. The molecule has 0 aliphatic heterocycles. The van der Waals surface area contributed by atoms with Crippen LogP contribution in [0.15, 0.2) is 30.3 Å². The molecule has 1 aromatic heterocycles. The molecule has 1 heterocycles. The Kier molecular flexibility index (Phi) is 4.73. The number of carbonyl (C=O) groups excluding carboxylic acids is 1. The Balaban J connectivity index is 2.35. The van der Waals surface area contributed by atoms with Crippen molar-refractivity contribution >= 4 is 11.9 Å². The van der Waals surface area contributed by atoms with Crippen LogP contribution < -0.4 is 5.32 Å². The Morgan fingerprint density at radius 3 is 2.33 bits per heavy atom. The van der Waals surface area contributed by atoms with Crippen LogP contribution in [0.3, 0.4) is 0 Å². The van der Waals surface area contributed by atoms with E-state index in [9.17, 15) is 19.1 Å². The van der Waals surface area contributed by atoms with Gasteiger partial charge in [0.25, 0.3) is 5.91 Å². The quantitative estimate of drug-likeness (QED) is 0.880. The smallest absolute Gasteiger partial charge is 0.333 e. The van der Waals surface area contributed by atoms with Crippen molar-refractivity contribution in [3.63, 3.8) is 0 Å². The van der Waals surface area contributed by atoms with Crippen LogP contribution in [-0.4, -0.2) is 26.8 Å². The fourth-order valence-corrected chi connectivity index (χ4v) is 2.31. The van der Waals surface area contributed by atoms with Crippen molar-refractivity contribution in [2.45, 2.75) is 32.2 Å². The number of amides is 1. The Morgan fingerprint density at radius 2 is 1.88 bits per heavy atom. The first-order chi connectivity index (χ1) is 11.1. The number of halogens is 1. The molecule has 0 aliphatic rings. The number of hydrogen-bond donors (Lipinski definition) is 2. The third-order valence-electron chi connectivity index (χ3n) is 3.94. The third kappa shape index (κ3) is 3.29. The van der Waals surface area contributed by atoms with Gasteiger partial charge in [0, 0.05) is 7.05 Å². The maximum absolute atomic E-state index is 13.1. The molecule has 2 rings (SSSR count). The highest BCUT2D eigenvalue weighted by molar-refractivity contribution is 5.97. The molecule has 0 fully saturated rings. The second kappa shape index (κ2) is 6.43. The number of aliphatic carboxylic acids is 1. The van der Waals surface area contributed by atoms with Gasteiger partial charge in [-0.1, -0.05) is 26.0 Å². The lowest BCUT2D eigenvalue weighted by molar-refractivity contribution is -0.144. The largest absolute Gasteiger partial charge is 0.479 e. The summed E-state index contributed by atoms with van der Waals surface area (Å²) in [5, 5.41) is 16.3. The molecule has 7 heteroatoms. The van der Waals surface area contributed by atoms with Gasteiger partial charge in [-0.15, -0.1) is 0 Å². The van der Waals surface area contributed by atoms with Crippen molar-refractivity contribution in [3.8, 4) is 0 Å². The fourth-order valence-electron chi connectivity index (χ4n) is 2.31. The minimum atomic E-state index is -1.69. The molecule has 1 amide bonds. The SMILES string of the molecule is CC(C)c1cc(C(=O)NC(C)(C(=O)O)c2ccc(F)cc2)n(C)n1. The van der Waals surface area contributed by atoms with Gasteiger partial charge in [0.05, 0.1) is 5.69 Å². The van der Waals surface area contributed by atoms with E-state index in [4.69, 9.17) is 0 Å². The van der Waals surface area contributed by atoms with Crippen molar-refractivity contribution in [2.75, 3.05) is 0 Å². The van der Waals surface area contributed by atoms with Crippen LogP contribution in [0.25, 0.3) is 0 Å². The number of rotatable bonds is 5. The molecule has 1 aromatic carbocycles. The number of carboxylic acid groups (broad SMARTS) is 1. The highest BCUT2D eigenvalue weighted by Crippen LogP contribution is 2.23. The summed E-state index contributed by atoms with van der Waals surface area (Å²) in [6.07, 6.45) is 0. The van der Waals surface area contributed by atoms with Crippen LogP contribution in [0.4, 0.5) is 4.39 Å². The number of aryl methyl sites for hydroxylation is 1. The van der Waals surface area contributed by atoms with Gasteiger partial charge in [0.2, 0.25) is 0 Å². The molecule has 128 valence electrons. The summed E-state index contributed by atoms with van der Waals surface area (Å²) in [6, 6.07) is 6.62. The zero-order valence-electron chi connectivity index (χ0n) is 14.0. The van der Waals surface area contributed by atoms with Crippen molar-refractivity contribution < 1.29 is 19.1 Å². The van der Waals surface area contributed by atoms with E-state index in [1.807, 2.05) is 13.8 Å². The van der Waals surface area contributed by atoms with Crippen LogP contribution in [0.5, 0.6) is 0 Å². The summed E-state index contributed by atoms with van der Waals surface area (Å²) >= 11 is 0. The molecule has 0 saturated heterocycles. The molecule has 0 bridgehead atoms. The molecule has 6 nitrogen and oxygen atoms in total. The molecule has 2 N–H and O–H groups in total. The van der Waals surface area contributed by atoms with Crippen LogP contribution >= 0.6 is 0 Å². The first-order valence-electron chi connectivity index (χ1n) is 7.51. The highest BCUT2D eigenvalue weighted by atomic mass is 19.1. The van der Waals surface area contributed by atoms with E-state index in [0.717, 1.165) is 17.8 Å². The number of carbonyl (C=O) groups is 2. The zero-order valence-corrected chi connectivity index (χ0v) is 14.0. The van der Waals surface area contributed by atoms with E-state index < -0.39 is 23.2 Å². The molecule has 1 unspecified atom stereocenters. The Labute approximate surface area is 139 Å². The first-order valence-corrected chi connectivity index (χ1v) is 7.51. The summed E-state index contributed by atoms with van der Waals surface area (Å²) in [6.45, 7) is 5.26. The maximum Gasteiger partial charge on any atom is 0.333 e. The van der Waals surface area contributed by atoms with E-state index in [2.05, 4.69) is 10.4 Å². The van der Waals surface area contributed by atoms with Gasteiger partial charge in [0.1, 0.15) is 11.5 Å². The molecule has 0 aliphatic carbocycles. The minimum absolute atomic E-state index is 0.140. The fraction of sp³-hybridized carbons (Fsp3) is 0.353. The Hall–Kier alpha value is -2.70. The minimum Gasteiger partial charge on any atom is -0.479 e. The normalized spacial score (nSPS) is 13.6. The summed E-state index contributed by atoms with van der Waals surface area (Å²) in [4.78, 5) is 24.3. The van der Waals surface area contributed by atoms with Crippen molar-refractivity contribution in [3.05, 3.63) is 53.1 Å². The van der Waals surface area contributed by atoms with Gasteiger partial charge in [0.15, 0.2) is 5.54 Å². The highest BCUT2D eigenvalue weighted by Gasteiger charge is 2.37. The van der Waals surface area contributed by atoms with Gasteiger partial charge in [-0.25, -0.2) is 9.18 Å². The predicted molar refractivity (Wildman–Crippen MR) is 86.2 cm³/mol. The second-order valence-corrected chi connectivity index (χ2v) is 6.12. The summed E-state index contributed by atoms with van der Waals surface area (Å²) in [7, 11) is 1.62. The molecule has 0 radical (unpaired) electrons. The summed E-state index contributed by atoms with van der Waals surface area (Å²) in [5.41, 5.74) is -0.418. The average molecular weight is 333 g/mol. The van der Waals surface area contributed by atoms with Crippen molar-refractivity contribution in [1.29, 1.82) is 0 Å². The van der Waals surface area contributed by atoms with E-state index in [-0.39, 0.29) is 17.2 Å². The standard InChI is InChI=1S/C17H20FN3O3/c1-10(2)13-9-14(21(4)20-13)15(22)19-17(3,16(23)24)11-5-7-12(18)8-6-11/h5-10H,1-4H3,(H,19,22)(H,23,24). The Bertz CT molecular complexity index is 768. The lowest BCUT2D eigenvalue weighted by Gasteiger charge is -2.26. The lowest BCUT2D eigenvalue weighted by atomic mass is 9.91. The van der Waals surface area contributed by atoms with Crippen LogP contribution in [0.1, 0.15) is 48.4 Å². The van der Waals surface area contributed by atoms with Crippen LogP contribution in [0, 0.1) is 5.82 Å². The van der Waals surface area contributed by atoms with E-state index in [1.54, 1.807) is 13.1 Å². The average Bonchev–Trinajstić information content (AvgIpc) is 2.90. The summed E-state index contributed by atoms with van der Waals surface area (Å²) in [5.74, 6) is -2.15. The van der Waals surface area contributed by atoms with Gasteiger partial charge in [-0.05, 0) is 36.6 Å². The number of aromatic nitrogens is 2. The molecular weight excluding hydrogens is 313 g/mol. The van der Waals surface area contributed by atoms with Crippen LogP contribution in [0.2, 0.25) is 0 Å². The Morgan fingerprint density at radius 1 is 1.29 bits per heavy atom. The lowest BCUT2D eigenvalue weighted by Crippen LogP contribution is -2.50. The molecule has 0 saturated carbocycles. The van der Waals surface area contributed by atoms with E-state index in [0.29, 0.717) is 0 Å². The topological polar surface area (TPSA) is 84.2 Å². The maximum atomic E-state index is 13.1. The van der Waals surface area contributed by atoms with Gasteiger partial charge >= 0.3 is 5.97 Å². The molecule has 2 aromatic rings. The number of benzene rings is 1. The molecule has 1 atom stereocenters. The summed E-state index contributed by atoms with van der Waals surface area (Å²) < 4.78 is 14.5. The monoisotopic (exact) mass is 333 g/mol. The van der Waals surface area contributed by atoms with Gasteiger partial charge < -0.3 is 10.4 Å². The number of hydrogen-bond acceptors (Lipinski definition) is 3. The number of carboxylic acids is 1. The molecule has 24 heavy (non-hydrogen) atoms. The van der Waals surface area contributed by atoms with Gasteiger partial charge in [-0.2, -0.15) is 5.10 Å². The van der Waals surface area contributed by atoms with Crippen molar-refractivity contribution in [1.82, 2.24) is 15.1 Å². The predicted octanol–water partition coefficient (Wildman–Crippen LogP) is 2.41.